The fourth-order valence-electron chi connectivity index (χ4n) is 2.56. The summed E-state index contributed by atoms with van der Waals surface area (Å²) >= 11 is 3.51. The van der Waals surface area contributed by atoms with Crippen LogP contribution in [0.2, 0.25) is 0 Å². The van der Waals surface area contributed by atoms with Crippen molar-refractivity contribution >= 4 is 27.0 Å². The first-order chi connectivity index (χ1) is 9.29. The molecule has 1 N–H and O–H groups in total. The van der Waals surface area contributed by atoms with E-state index >= 15 is 0 Å². The van der Waals surface area contributed by atoms with E-state index < -0.39 is 0 Å². The number of hydrogen-bond donors (Lipinski definition) is 1. The van der Waals surface area contributed by atoms with Crippen LogP contribution in [0, 0.1) is 0 Å². The first kappa shape index (κ1) is 13.1. The molecule has 3 rings (SSSR count). The van der Waals surface area contributed by atoms with Crippen LogP contribution in [0.25, 0.3) is 11.0 Å². The molecule has 1 aromatic heterocycles. The number of hydrogen-bond acceptors (Lipinski definition) is 3. The van der Waals surface area contributed by atoms with E-state index in [2.05, 4.69) is 50.9 Å². The quantitative estimate of drug-likeness (QED) is 0.944. The molecule has 102 valence electrons. The van der Waals surface area contributed by atoms with Crippen LogP contribution in [-0.4, -0.2) is 29.2 Å². The van der Waals surface area contributed by atoms with Crippen molar-refractivity contribution in [2.75, 3.05) is 19.7 Å². The van der Waals surface area contributed by atoms with E-state index in [1.165, 1.54) is 5.52 Å². The molecule has 1 aliphatic heterocycles. The third-order valence-electron chi connectivity index (χ3n) is 3.40. The van der Waals surface area contributed by atoms with Crippen LogP contribution in [0.3, 0.4) is 0 Å². The zero-order valence-electron chi connectivity index (χ0n) is 11.0. The highest BCUT2D eigenvalue weighted by molar-refractivity contribution is 9.10. The van der Waals surface area contributed by atoms with E-state index in [4.69, 9.17) is 9.72 Å². The van der Waals surface area contributed by atoms with Crippen molar-refractivity contribution in [3.05, 3.63) is 28.5 Å². The molecule has 0 aliphatic carbocycles. The molecule has 2 heterocycles. The number of aryl methyl sites for hydroxylation is 1. The Bertz CT molecular complexity index is 575. The predicted octanol–water partition coefficient (Wildman–Crippen LogP) is 2.87. The minimum atomic E-state index is 0.0616. The van der Waals surface area contributed by atoms with Gasteiger partial charge in [0.05, 0.1) is 17.6 Å². The summed E-state index contributed by atoms with van der Waals surface area (Å²) in [5, 5.41) is 3.37. The van der Waals surface area contributed by atoms with Crippen LogP contribution in [0.4, 0.5) is 0 Å². The molecule has 1 atom stereocenters. The van der Waals surface area contributed by atoms with Gasteiger partial charge < -0.3 is 14.6 Å². The molecular formula is C14H18BrN3O. The largest absolute Gasteiger partial charge is 0.368 e. The van der Waals surface area contributed by atoms with E-state index in [9.17, 15) is 0 Å². The van der Waals surface area contributed by atoms with Crippen LogP contribution in [0.5, 0.6) is 0 Å². The van der Waals surface area contributed by atoms with Crippen molar-refractivity contribution in [3.8, 4) is 0 Å². The number of morpholine rings is 1. The first-order valence-electron chi connectivity index (χ1n) is 6.77. The lowest BCUT2D eigenvalue weighted by Gasteiger charge is -2.24. The maximum Gasteiger partial charge on any atom is 0.140 e. The summed E-state index contributed by atoms with van der Waals surface area (Å²) in [6, 6.07) is 6.27. The molecule has 1 aliphatic rings. The van der Waals surface area contributed by atoms with Gasteiger partial charge in [0, 0.05) is 24.1 Å². The summed E-state index contributed by atoms with van der Waals surface area (Å²) in [5.74, 6) is 1.04. The normalized spacial score (nSPS) is 20.0. The average Bonchev–Trinajstić information content (AvgIpc) is 2.78. The van der Waals surface area contributed by atoms with Gasteiger partial charge in [0.15, 0.2) is 0 Å². The molecule has 1 fully saturated rings. The lowest BCUT2D eigenvalue weighted by Crippen LogP contribution is -2.34. The minimum absolute atomic E-state index is 0.0616. The molecule has 0 radical (unpaired) electrons. The Balaban J connectivity index is 2.08. The van der Waals surface area contributed by atoms with E-state index in [1.54, 1.807) is 0 Å². The van der Waals surface area contributed by atoms with Crippen LogP contribution in [0.15, 0.2) is 22.7 Å². The minimum Gasteiger partial charge on any atom is -0.368 e. The van der Waals surface area contributed by atoms with Gasteiger partial charge in [-0.25, -0.2) is 4.98 Å². The average molecular weight is 324 g/mol. The highest BCUT2D eigenvalue weighted by Gasteiger charge is 2.22. The van der Waals surface area contributed by atoms with Gasteiger partial charge in [-0.05, 0) is 24.6 Å². The molecule has 5 heteroatoms. The fourth-order valence-corrected chi connectivity index (χ4v) is 2.91. The number of ether oxygens (including phenoxy) is 1. The first-order valence-corrected chi connectivity index (χ1v) is 7.57. The second kappa shape index (κ2) is 5.61. The van der Waals surface area contributed by atoms with E-state index in [0.717, 1.165) is 48.5 Å². The molecule has 0 bridgehead atoms. The van der Waals surface area contributed by atoms with Crippen molar-refractivity contribution in [1.82, 2.24) is 14.9 Å². The number of benzene rings is 1. The molecule has 0 spiro atoms. The topological polar surface area (TPSA) is 39.1 Å². The molecule has 0 amide bonds. The molecular weight excluding hydrogens is 306 g/mol. The SMILES string of the molecule is CCCn1c(C2CNCCO2)nc2cc(Br)ccc21. The van der Waals surface area contributed by atoms with Crippen LogP contribution in [-0.2, 0) is 11.3 Å². The van der Waals surface area contributed by atoms with Crippen molar-refractivity contribution in [1.29, 1.82) is 0 Å². The van der Waals surface area contributed by atoms with Crippen molar-refractivity contribution < 1.29 is 4.74 Å². The highest BCUT2D eigenvalue weighted by atomic mass is 79.9. The maximum atomic E-state index is 5.85. The number of halogens is 1. The summed E-state index contributed by atoms with van der Waals surface area (Å²) in [6.45, 7) is 5.69. The van der Waals surface area contributed by atoms with E-state index in [0.29, 0.717) is 0 Å². The zero-order chi connectivity index (χ0) is 13.2. The zero-order valence-corrected chi connectivity index (χ0v) is 12.6. The summed E-state index contributed by atoms with van der Waals surface area (Å²) < 4.78 is 9.21. The van der Waals surface area contributed by atoms with Crippen molar-refractivity contribution in [3.63, 3.8) is 0 Å². The van der Waals surface area contributed by atoms with Gasteiger partial charge in [-0.1, -0.05) is 22.9 Å². The van der Waals surface area contributed by atoms with Gasteiger partial charge in [0.2, 0.25) is 0 Å². The summed E-state index contributed by atoms with van der Waals surface area (Å²) in [7, 11) is 0. The molecule has 0 saturated carbocycles. The van der Waals surface area contributed by atoms with Crippen molar-refractivity contribution in [2.45, 2.75) is 26.0 Å². The Morgan fingerprint density at radius 3 is 3.16 bits per heavy atom. The van der Waals surface area contributed by atoms with Gasteiger partial charge in [-0.15, -0.1) is 0 Å². The molecule has 19 heavy (non-hydrogen) atoms. The van der Waals surface area contributed by atoms with Gasteiger partial charge in [0.25, 0.3) is 0 Å². The van der Waals surface area contributed by atoms with E-state index in [-0.39, 0.29) is 6.10 Å². The molecule has 1 aromatic carbocycles. The fraction of sp³-hybridized carbons (Fsp3) is 0.500. The monoisotopic (exact) mass is 323 g/mol. The molecule has 2 aromatic rings. The van der Waals surface area contributed by atoms with E-state index in [1.807, 2.05) is 0 Å². The van der Waals surface area contributed by atoms with Crippen LogP contribution >= 0.6 is 15.9 Å². The number of imidazole rings is 1. The summed E-state index contributed by atoms with van der Waals surface area (Å²) in [5.41, 5.74) is 2.22. The predicted molar refractivity (Wildman–Crippen MR) is 79.3 cm³/mol. The lowest BCUT2D eigenvalue weighted by atomic mass is 10.3. The van der Waals surface area contributed by atoms with Crippen molar-refractivity contribution in [2.24, 2.45) is 0 Å². The Morgan fingerprint density at radius 1 is 1.53 bits per heavy atom. The Kier molecular flexibility index (Phi) is 3.86. The standard InChI is InChI=1S/C14H18BrN3O/c1-2-6-18-12-4-3-10(15)8-11(12)17-14(18)13-9-16-5-7-19-13/h3-4,8,13,16H,2,5-7,9H2,1H3. The van der Waals surface area contributed by atoms with Gasteiger partial charge in [-0.3, -0.25) is 0 Å². The summed E-state index contributed by atoms with van der Waals surface area (Å²) in [4.78, 5) is 4.78. The number of nitrogens with one attached hydrogen (secondary N) is 1. The second-order valence-corrected chi connectivity index (χ2v) is 5.73. The number of rotatable bonds is 3. The van der Waals surface area contributed by atoms with Gasteiger partial charge >= 0.3 is 0 Å². The number of nitrogens with zero attached hydrogens (tertiary/aromatic N) is 2. The van der Waals surface area contributed by atoms with Crippen LogP contribution < -0.4 is 5.32 Å². The smallest absolute Gasteiger partial charge is 0.140 e. The third-order valence-corrected chi connectivity index (χ3v) is 3.90. The lowest BCUT2D eigenvalue weighted by molar-refractivity contribution is 0.0202. The summed E-state index contributed by atoms with van der Waals surface area (Å²) in [6.07, 6.45) is 1.15. The molecule has 4 nitrogen and oxygen atoms in total. The highest BCUT2D eigenvalue weighted by Crippen LogP contribution is 2.26. The Labute approximate surface area is 121 Å². The Morgan fingerprint density at radius 2 is 2.42 bits per heavy atom. The van der Waals surface area contributed by atoms with Crippen LogP contribution in [0.1, 0.15) is 25.3 Å². The third kappa shape index (κ3) is 2.55. The second-order valence-electron chi connectivity index (χ2n) is 4.82. The Hall–Kier alpha value is -0.910. The maximum absolute atomic E-state index is 5.85. The molecule has 1 unspecified atom stereocenters. The van der Waals surface area contributed by atoms with Gasteiger partial charge in [-0.2, -0.15) is 0 Å². The molecule has 1 saturated heterocycles. The number of aromatic nitrogens is 2. The van der Waals surface area contributed by atoms with Gasteiger partial charge in [0.1, 0.15) is 11.9 Å². The number of fused-ring (bicyclic) bond motifs is 1.